The second kappa shape index (κ2) is 21.4. The maximum atomic E-state index is 9.57. The first-order valence-electron chi connectivity index (χ1n) is 15.5. The summed E-state index contributed by atoms with van der Waals surface area (Å²) in [4.78, 5) is 0. The quantitative estimate of drug-likeness (QED) is 0.0489. The molecule has 18 N–H and O–H groups in total. The Labute approximate surface area is 289 Å². The van der Waals surface area contributed by atoms with E-state index in [2.05, 4.69) is 6.92 Å². The van der Waals surface area contributed by atoms with Gasteiger partial charge < -0.3 is 91.9 Å². The zero-order chi connectivity index (χ0) is 39.0. The van der Waals surface area contributed by atoms with Gasteiger partial charge in [-0.15, -0.1) is 0 Å². The van der Waals surface area contributed by atoms with E-state index in [0.29, 0.717) is 19.3 Å². The van der Waals surface area contributed by atoms with Gasteiger partial charge in [-0.25, -0.2) is 0 Å². The summed E-state index contributed by atoms with van der Waals surface area (Å²) in [5, 5.41) is 165. The average Bonchev–Trinajstić information content (AvgIpc) is 2.90. The number of aliphatic hydroxyl groups is 18. The average molecular weight is 808 g/mol. The van der Waals surface area contributed by atoms with Gasteiger partial charge >= 0.3 is 64.6 Å². The first-order chi connectivity index (χ1) is 20.8. The predicted octanol–water partition coefficient (Wildman–Crippen LogP) is -4.18. The summed E-state index contributed by atoms with van der Waals surface area (Å²) < 4.78 is 1.47. The van der Waals surface area contributed by atoms with E-state index >= 15 is 0 Å². The zero-order valence-electron chi connectivity index (χ0n) is 28.6. The molecule has 0 spiro atoms. The number of hydrogen-bond donors (Lipinski definition) is 18. The minimum atomic E-state index is -3.56. The van der Waals surface area contributed by atoms with E-state index < -0.39 is 71.3 Å². The molecule has 3 atom stereocenters. The van der Waals surface area contributed by atoms with E-state index in [1.165, 1.54) is 60.6 Å². The van der Waals surface area contributed by atoms with E-state index in [9.17, 15) is 46.0 Å². The molecule has 0 fully saturated rings. The van der Waals surface area contributed by atoms with Gasteiger partial charge in [0.15, 0.2) is 16.8 Å². The Bertz CT molecular complexity index is 707. The van der Waals surface area contributed by atoms with E-state index in [1.54, 1.807) is 20.8 Å². The third-order valence-electron chi connectivity index (χ3n) is 7.54. The van der Waals surface area contributed by atoms with Gasteiger partial charge in [0, 0.05) is 19.3 Å². The van der Waals surface area contributed by atoms with Crippen molar-refractivity contribution in [2.45, 2.75) is 176 Å². The van der Waals surface area contributed by atoms with Gasteiger partial charge in [0.1, 0.15) is 0 Å². The molecule has 0 rings (SSSR count). The van der Waals surface area contributed by atoms with Gasteiger partial charge in [0.05, 0.1) is 0 Å². The van der Waals surface area contributed by atoms with Gasteiger partial charge in [-0.3, -0.25) is 0 Å². The van der Waals surface area contributed by atoms with Crippen LogP contribution in [-0.4, -0.2) is 167 Å². The molecule has 0 aromatic heterocycles. The van der Waals surface area contributed by atoms with Crippen molar-refractivity contribution in [2.75, 3.05) is 0 Å². The van der Waals surface area contributed by atoms with Crippen LogP contribution >= 0.6 is 0 Å². The van der Waals surface area contributed by atoms with Crippen molar-refractivity contribution in [3.63, 3.8) is 0 Å². The number of rotatable bonds is 17. The van der Waals surface area contributed by atoms with Crippen LogP contribution in [0.3, 0.4) is 0 Å². The van der Waals surface area contributed by atoms with Crippen LogP contribution in [0.2, 0.25) is 4.44 Å². The van der Waals surface area contributed by atoms with Crippen molar-refractivity contribution >= 4 is 22.5 Å². The fourth-order valence-corrected chi connectivity index (χ4v) is 5.40. The van der Waals surface area contributed by atoms with Crippen molar-refractivity contribution in [3.05, 3.63) is 0 Å². The second-order valence-electron chi connectivity index (χ2n) is 11.4. The molecular weight excluding hydrogens is 743 g/mol. The van der Waals surface area contributed by atoms with Crippen molar-refractivity contribution in [1.29, 1.82) is 0 Å². The summed E-state index contributed by atoms with van der Waals surface area (Å²) >= 11 is 1.45. The monoisotopic (exact) mass is 808 g/mol. The molecule has 3 unspecified atom stereocenters. The molecule has 0 heterocycles. The predicted molar refractivity (Wildman–Crippen MR) is 167 cm³/mol. The summed E-state index contributed by atoms with van der Waals surface area (Å²) in [6.07, 6.45) is 1.56. The Kier molecular flexibility index (Phi) is 24.6. The second-order valence-corrected chi connectivity index (χ2v) is 13.0. The molecule has 19 heteroatoms. The van der Waals surface area contributed by atoms with Crippen molar-refractivity contribution in [3.8, 4) is 0 Å². The van der Waals surface area contributed by atoms with Gasteiger partial charge in [-0.1, -0.05) is 60.8 Å². The summed E-state index contributed by atoms with van der Waals surface area (Å²) in [6.45, 7) is 10.9. The summed E-state index contributed by atoms with van der Waals surface area (Å²) in [5.74, 6) is -18.9. The Morgan fingerprint density at radius 2 is 0.532 bits per heavy atom. The van der Waals surface area contributed by atoms with E-state index in [0.717, 1.165) is 0 Å². The third-order valence-corrected chi connectivity index (χ3v) is 8.71. The number of unbranched alkanes of at least 4 members (excludes halogenated alkanes) is 1. The standard InChI is InChI=1S/3C8H18O6.C4H9.Sn.H/c3*1-3-5-7(10,11)6(9,4-2)8(12,13)14;1-3-4-2;;/h3*9-14H,3-5H2,1-2H3;1,3-4H2,2H3;;. The van der Waals surface area contributed by atoms with E-state index in [1.807, 2.05) is 0 Å². The van der Waals surface area contributed by atoms with Crippen LogP contribution < -0.4 is 0 Å². The van der Waals surface area contributed by atoms with Crippen molar-refractivity contribution < 1.29 is 91.9 Å². The summed E-state index contributed by atoms with van der Waals surface area (Å²) in [5.41, 5.74) is -8.39. The molecule has 0 saturated carbocycles. The molecular formula is C28H64O18Sn. The van der Waals surface area contributed by atoms with Crippen molar-refractivity contribution in [1.82, 2.24) is 0 Å². The van der Waals surface area contributed by atoms with Crippen molar-refractivity contribution in [2.24, 2.45) is 0 Å². The number of hydrogen-bond acceptors (Lipinski definition) is 18. The Morgan fingerprint density at radius 1 is 0.340 bits per heavy atom. The Morgan fingerprint density at radius 3 is 0.596 bits per heavy atom. The minimum absolute atomic E-state index is 0.291. The zero-order valence-corrected chi connectivity index (χ0v) is 31.9. The molecule has 288 valence electrons. The van der Waals surface area contributed by atoms with Gasteiger partial charge in [-0.2, -0.15) is 0 Å². The molecule has 0 saturated heterocycles. The molecule has 0 amide bonds. The van der Waals surface area contributed by atoms with Gasteiger partial charge in [0.25, 0.3) is 0 Å². The van der Waals surface area contributed by atoms with Gasteiger partial charge in [-0.05, 0) is 19.3 Å². The fourth-order valence-electron chi connectivity index (χ4n) is 4.24. The van der Waals surface area contributed by atoms with Crippen LogP contribution in [-0.2, 0) is 0 Å². The van der Waals surface area contributed by atoms with Gasteiger partial charge in [0.2, 0.25) is 17.4 Å². The Balaban J connectivity index is -0.000000275. The molecule has 47 heavy (non-hydrogen) atoms. The Hall–Kier alpha value is 0.0787. The SMILES string of the molecule is CCCC(O)(O)C(O)(CC)C(O)(O)O.CCCC(O)(O)C(O)(CC)C(O)(O)O.CCCC(O)(O)C(O)(CC)C(O)(O)O.CCC[CH2][SnH]. The molecule has 0 aliphatic rings. The normalized spacial score (nSPS) is 17.0. The van der Waals surface area contributed by atoms with Crippen LogP contribution in [0.15, 0.2) is 0 Å². The maximum absolute atomic E-state index is 9.57. The molecule has 0 aromatic carbocycles. The summed E-state index contributed by atoms with van der Waals surface area (Å²) in [6, 6.07) is 0. The molecule has 18 nitrogen and oxygen atoms in total. The van der Waals surface area contributed by atoms with E-state index in [4.69, 9.17) is 46.0 Å². The third kappa shape index (κ3) is 15.1. The van der Waals surface area contributed by atoms with Crippen LogP contribution in [0, 0.1) is 0 Å². The van der Waals surface area contributed by atoms with Crippen LogP contribution in [0.5, 0.6) is 0 Å². The van der Waals surface area contributed by atoms with Crippen LogP contribution in [0.25, 0.3) is 0 Å². The molecule has 0 bridgehead atoms. The first kappa shape index (κ1) is 53.9. The topological polar surface area (TPSA) is 364 Å². The molecule has 0 aromatic rings. The van der Waals surface area contributed by atoms with Crippen LogP contribution in [0.4, 0.5) is 0 Å². The molecule has 0 aliphatic carbocycles. The van der Waals surface area contributed by atoms with Crippen LogP contribution in [0.1, 0.15) is 119 Å². The molecule has 0 aliphatic heterocycles. The molecule has 2 radical (unpaired) electrons. The first-order valence-corrected chi connectivity index (χ1v) is 17.8. The summed E-state index contributed by atoms with van der Waals surface area (Å²) in [7, 11) is 0. The fraction of sp³-hybridized carbons (Fsp3) is 1.00. The van der Waals surface area contributed by atoms with E-state index in [-0.39, 0.29) is 19.3 Å².